The van der Waals surface area contributed by atoms with Crippen molar-refractivity contribution in [2.24, 2.45) is 13.0 Å². The third-order valence-corrected chi connectivity index (χ3v) is 4.14. The molecule has 1 fully saturated rings. The molecule has 1 aliphatic rings. The SMILES string of the molecule is Cn1cc(C(=O)NC[C@@H]2CCN(Cc3ccccc3)C2)cn1. The zero-order chi connectivity index (χ0) is 15.4. The highest BCUT2D eigenvalue weighted by Gasteiger charge is 2.23. The van der Waals surface area contributed by atoms with E-state index in [2.05, 4.69) is 39.6 Å². The van der Waals surface area contributed by atoms with E-state index < -0.39 is 0 Å². The average Bonchev–Trinajstić information content (AvgIpc) is 3.15. The Hall–Kier alpha value is -2.14. The van der Waals surface area contributed by atoms with Gasteiger partial charge in [0.05, 0.1) is 11.8 Å². The number of rotatable bonds is 5. The van der Waals surface area contributed by atoms with Crippen molar-refractivity contribution in [2.45, 2.75) is 13.0 Å². The van der Waals surface area contributed by atoms with Crippen molar-refractivity contribution in [3.05, 3.63) is 53.9 Å². The van der Waals surface area contributed by atoms with E-state index in [0.29, 0.717) is 11.5 Å². The summed E-state index contributed by atoms with van der Waals surface area (Å²) in [6.07, 6.45) is 4.48. The minimum Gasteiger partial charge on any atom is -0.352 e. The van der Waals surface area contributed by atoms with E-state index in [1.54, 1.807) is 17.1 Å². The molecule has 0 bridgehead atoms. The summed E-state index contributed by atoms with van der Waals surface area (Å²) >= 11 is 0. The topological polar surface area (TPSA) is 50.2 Å². The summed E-state index contributed by atoms with van der Waals surface area (Å²) in [4.78, 5) is 14.5. The van der Waals surface area contributed by atoms with E-state index in [4.69, 9.17) is 0 Å². The largest absolute Gasteiger partial charge is 0.352 e. The summed E-state index contributed by atoms with van der Waals surface area (Å²) < 4.78 is 1.64. The van der Waals surface area contributed by atoms with Crippen LogP contribution in [0.5, 0.6) is 0 Å². The molecule has 22 heavy (non-hydrogen) atoms. The fourth-order valence-corrected chi connectivity index (χ4v) is 2.94. The fourth-order valence-electron chi connectivity index (χ4n) is 2.94. The van der Waals surface area contributed by atoms with Gasteiger partial charge in [0, 0.05) is 32.9 Å². The van der Waals surface area contributed by atoms with Gasteiger partial charge in [0.1, 0.15) is 0 Å². The van der Waals surface area contributed by atoms with Gasteiger partial charge < -0.3 is 5.32 Å². The number of benzene rings is 1. The van der Waals surface area contributed by atoms with Gasteiger partial charge in [-0.2, -0.15) is 5.10 Å². The van der Waals surface area contributed by atoms with E-state index in [0.717, 1.165) is 32.6 Å². The molecule has 0 aliphatic carbocycles. The first-order chi connectivity index (χ1) is 10.7. The van der Waals surface area contributed by atoms with Crippen LogP contribution in [0.4, 0.5) is 0 Å². The number of carbonyl (C=O) groups is 1. The van der Waals surface area contributed by atoms with Gasteiger partial charge in [-0.05, 0) is 24.4 Å². The second kappa shape index (κ2) is 6.75. The van der Waals surface area contributed by atoms with E-state index in [1.165, 1.54) is 5.56 Å². The Kier molecular flexibility index (Phi) is 4.53. The Bertz CT molecular complexity index is 623. The lowest BCUT2D eigenvalue weighted by Crippen LogP contribution is -2.30. The normalized spacial score (nSPS) is 18.5. The quantitative estimate of drug-likeness (QED) is 0.913. The predicted octanol–water partition coefficient (Wildman–Crippen LogP) is 1.67. The maximum Gasteiger partial charge on any atom is 0.254 e. The molecule has 0 unspecified atom stereocenters. The Balaban J connectivity index is 1.44. The maximum absolute atomic E-state index is 12.0. The first-order valence-corrected chi connectivity index (χ1v) is 7.74. The first kappa shape index (κ1) is 14.8. The van der Waals surface area contributed by atoms with Crippen LogP contribution in [0.15, 0.2) is 42.7 Å². The molecular formula is C17H22N4O. The molecule has 0 spiro atoms. The molecule has 1 amide bonds. The molecule has 2 aromatic rings. The van der Waals surface area contributed by atoms with E-state index in [-0.39, 0.29) is 5.91 Å². The lowest BCUT2D eigenvalue weighted by molar-refractivity contribution is 0.0947. The second-order valence-electron chi connectivity index (χ2n) is 5.99. The van der Waals surface area contributed by atoms with Crippen LogP contribution in [0.25, 0.3) is 0 Å². The van der Waals surface area contributed by atoms with Crippen LogP contribution < -0.4 is 5.32 Å². The zero-order valence-electron chi connectivity index (χ0n) is 12.9. The van der Waals surface area contributed by atoms with Gasteiger partial charge in [0.2, 0.25) is 0 Å². The van der Waals surface area contributed by atoms with Gasteiger partial charge in [-0.3, -0.25) is 14.4 Å². The number of hydrogen-bond acceptors (Lipinski definition) is 3. The van der Waals surface area contributed by atoms with Crippen LogP contribution in [-0.4, -0.2) is 40.2 Å². The summed E-state index contributed by atoms with van der Waals surface area (Å²) in [5, 5.41) is 7.04. The van der Waals surface area contributed by atoms with Crippen LogP contribution >= 0.6 is 0 Å². The number of nitrogens with one attached hydrogen (secondary N) is 1. The maximum atomic E-state index is 12.0. The lowest BCUT2D eigenvalue weighted by atomic mass is 10.1. The standard InChI is InChI=1S/C17H22N4O/c1-20-13-16(10-19-20)17(22)18-9-15-7-8-21(12-15)11-14-5-3-2-4-6-14/h2-6,10,13,15H,7-9,11-12H2,1H3,(H,18,22)/t15-/m0/s1. The van der Waals surface area contributed by atoms with Gasteiger partial charge >= 0.3 is 0 Å². The average molecular weight is 298 g/mol. The molecule has 5 nitrogen and oxygen atoms in total. The van der Waals surface area contributed by atoms with Gasteiger partial charge in [-0.15, -0.1) is 0 Å². The number of hydrogen-bond donors (Lipinski definition) is 1. The van der Waals surface area contributed by atoms with Crippen molar-refractivity contribution in [3.8, 4) is 0 Å². The van der Waals surface area contributed by atoms with Crippen molar-refractivity contribution in [1.29, 1.82) is 0 Å². The Labute approximate surface area is 130 Å². The van der Waals surface area contributed by atoms with Crippen molar-refractivity contribution in [3.63, 3.8) is 0 Å². The molecule has 1 N–H and O–H groups in total. The van der Waals surface area contributed by atoms with Gasteiger partial charge in [0.15, 0.2) is 0 Å². The third-order valence-electron chi connectivity index (χ3n) is 4.14. The predicted molar refractivity (Wildman–Crippen MR) is 85.4 cm³/mol. The van der Waals surface area contributed by atoms with Crippen LogP contribution in [0.2, 0.25) is 0 Å². The molecule has 1 saturated heterocycles. The molecule has 1 aliphatic heterocycles. The van der Waals surface area contributed by atoms with Crippen LogP contribution in [0, 0.1) is 5.92 Å². The molecule has 0 saturated carbocycles. The Morgan fingerprint density at radius 3 is 2.91 bits per heavy atom. The number of likely N-dealkylation sites (tertiary alicyclic amines) is 1. The van der Waals surface area contributed by atoms with Gasteiger partial charge in [-0.1, -0.05) is 30.3 Å². The second-order valence-corrected chi connectivity index (χ2v) is 5.99. The summed E-state index contributed by atoms with van der Waals surface area (Å²) in [5.41, 5.74) is 1.98. The van der Waals surface area contributed by atoms with Crippen LogP contribution in [-0.2, 0) is 13.6 Å². The van der Waals surface area contributed by atoms with Crippen LogP contribution in [0.1, 0.15) is 22.3 Å². The molecule has 1 atom stereocenters. The van der Waals surface area contributed by atoms with Gasteiger partial charge in [-0.25, -0.2) is 0 Å². The summed E-state index contributed by atoms with van der Waals surface area (Å²) in [7, 11) is 1.81. The van der Waals surface area contributed by atoms with E-state index >= 15 is 0 Å². The highest BCUT2D eigenvalue weighted by molar-refractivity contribution is 5.93. The monoisotopic (exact) mass is 298 g/mol. The molecule has 1 aromatic heterocycles. The van der Waals surface area contributed by atoms with Gasteiger partial charge in [0.25, 0.3) is 5.91 Å². The molecule has 116 valence electrons. The highest BCUT2D eigenvalue weighted by Crippen LogP contribution is 2.18. The van der Waals surface area contributed by atoms with Crippen LogP contribution in [0.3, 0.4) is 0 Å². The number of nitrogens with zero attached hydrogens (tertiary/aromatic N) is 3. The summed E-state index contributed by atoms with van der Waals surface area (Å²) in [5.74, 6) is 0.499. The minimum absolute atomic E-state index is 0.0328. The van der Waals surface area contributed by atoms with Crippen molar-refractivity contribution in [1.82, 2.24) is 20.0 Å². The van der Waals surface area contributed by atoms with Crippen molar-refractivity contribution in [2.75, 3.05) is 19.6 Å². The third kappa shape index (κ3) is 3.74. The molecule has 5 heteroatoms. The summed E-state index contributed by atoms with van der Waals surface area (Å²) in [6.45, 7) is 3.87. The highest BCUT2D eigenvalue weighted by atomic mass is 16.1. The van der Waals surface area contributed by atoms with Crippen molar-refractivity contribution < 1.29 is 4.79 Å². The first-order valence-electron chi connectivity index (χ1n) is 7.74. The molecule has 0 radical (unpaired) electrons. The molecule has 3 rings (SSSR count). The molecular weight excluding hydrogens is 276 g/mol. The lowest BCUT2D eigenvalue weighted by Gasteiger charge is -2.16. The molecule has 1 aromatic carbocycles. The number of carbonyl (C=O) groups excluding carboxylic acids is 1. The van der Waals surface area contributed by atoms with E-state index in [9.17, 15) is 4.79 Å². The number of amides is 1. The Morgan fingerprint density at radius 1 is 1.36 bits per heavy atom. The Morgan fingerprint density at radius 2 is 2.18 bits per heavy atom. The van der Waals surface area contributed by atoms with Crippen molar-refractivity contribution >= 4 is 5.91 Å². The molecule has 2 heterocycles. The fraction of sp³-hybridized carbons (Fsp3) is 0.412. The zero-order valence-corrected chi connectivity index (χ0v) is 12.9. The number of aryl methyl sites for hydroxylation is 1. The van der Waals surface area contributed by atoms with E-state index in [1.807, 2.05) is 13.1 Å². The minimum atomic E-state index is -0.0328. The smallest absolute Gasteiger partial charge is 0.254 e. The number of aromatic nitrogens is 2. The summed E-state index contributed by atoms with van der Waals surface area (Å²) in [6, 6.07) is 10.5.